The van der Waals surface area contributed by atoms with Crippen molar-refractivity contribution in [3.8, 4) is 5.75 Å². The first-order valence-corrected chi connectivity index (χ1v) is 4.56. The van der Waals surface area contributed by atoms with Crippen LogP contribution in [0.5, 0.6) is 5.75 Å². The van der Waals surface area contributed by atoms with Crippen molar-refractivity contribution in [2.45, 2.75) is 32.7 Å². The number of rotatable bonds is 2. The molecule has 0 fully saturated rings. The minimum absolute atomic E-state index is 0.00995. The summed E-state index contributed by atoms with van der Waals surface area (Å²) in [7, 11) is 0. The second-order valence-electron chi connectivity index (χ2n) is 4.39. The van der Waals surface area contributed by atoms with Gasteiger partial charge in [-0.2, -0.15) is 0 Å². The molecule has 0 spiro atoms. The topological polar surface area (TPSA) is 46.2 Å². The van der Waals surface area contributed by atoms with Crippen LogP contribution in [0.4, 0.5) is 4.39 Å². The molecule has 0 bridgehead atoms. The zero-order valence-electron chi connectivity index (χ0n) is 8.76. The highest BCUT2D eigenvalue weighted by atomic mass is 19.1. The van der Waals surface area contributed by atoms with Gasteiger partial charge in [0.2, 0.25) is 0 Å². The van der Waals surface area contributed by atoms with E-state index in [0.29, 0.717) is 6.42 Å². The summed E-state index contributed by atoms with van der Waals surface area (Å²) in [5.74, 6) is -0.395. The van der Waals surface area contributed by atoms with Crippen LogP contribution in [-0.4, -0.2) is 10.6 Å². The van der Waals surface area contributed by atoms with Crippen LogP contribution >= 0.6 is 0 Å². The summed E-state index contributed by atoms with van der Waals surface area (Å²) in [6.07, 6.45) is 0.539. The lowest BCUT2D eigenvalue weighted by Crippen LogP contribution is -2.34. The van der Waals surface area contributed by atoms with Crippen molar-refractivity contribution < 1.29 is 9.50 Å². The second kappa shape index (κ2) is 3.58. The lowest BCUT2D eigenvalue weighted by molar-refractivity contribution is 0.458. The van der Waals surface area contributed by atoms with Crippen molar-refractivity contribution in [2.75, 3.05) is 0 Å². The van der Waals surface area contributed by atoms with Gasteiger partial charge in [-0.15, -0.1) is 0 Å². The molecular weight excluding hydrogens is 181 g/mol. The molecule has 1 rings (SSSR count). The van der Waals surface area contributed by atoms with Gasteiger partial charge in [0.25, 0.3) is 0 Å². The fourth-order valence-corrected chi connectivity index (χ4v) is 1.35. The molecule has 0 amide bonds. The average Bonchev–Trinajstić information content (AvgIpc) is 1.96. The summed E-state index contributed by atoms with van der Waals surface area (Å²) in [6, 6.07) is 2.98. The van der Waals surface area contributed by atoms with Gasteiger partial charge in [-0.05, 0) is 44.9 Å². The van der Waals surface area contributed by atoms with E-state index in [9.17, 15) is 9.50 Å². The molecule has 1 aromatic rings. The van der Waals surface area contributed by atoms with E-state index in [0.717, 1.165) is 5.56 Å². The predicted molar refractivity (Wildman–Crippen MR) is 54.8 cm³/mol. The quantitative estimate of drug-likeness (QED) is 0.762. The van der Waals surface area contributed by atoms with E-state index in [4.69, 9.17) is 5.73 Å². The number of halogens is 1. The van der Waals surface area contributed by atoms with Crippen LogP contribution < -0.4 is 5.73 Å². The molecule has 0 aliphatic heterocycles. The van der Waals surface area contributed by atoms with Gasteiger partial charge < -0.3 is 10.8 Å². The van der Waals surface area contributed by atoms with Gasteiger partial charge in [0.05, 0.1) is 0 Å². The van der Waals surface area contributed by atoms with Gasteiger partial charge >= 0.3 is 0 Å². The standard InChI is InChI=1S/C11H16FNO/c1-7-9(12)4-8(5-10(7)14)6-11(2,3)13/h4-5,14H,6,13H2,1-3H3. The zero-order chi connectivity index (χ0) is 10.9. The molecule has 2 nitrogen and oxygen atoms in total. The molecule has 78 valence electrons. The van der Waals surface area contributed by atoms with E-state index in [1.807, 2.05) is 13.8 Å². The number of hydrogen-bond acceptors (Lipinski definition) is 2. The van der Waals surface area contributed by atoms with Crippen LogP contribution in [0.1, 0.15) is 25.0 Å². The Morgan fingerprint density at radius 2 is 2.00 bits per heavy atom. The van der Waals surface area contributed by atoms with Gasteiger partial charge in [0, 0.05) is 11.1 Å². The number of aromatic hydroxyl groups is 1. The van der Waals surface area contributed by atoms with Crippen molar-refractivity contribution in [3.63, 3.8) is 0 Å². The van der Waals surface area contributed by atoms with Crippen LogP contribution in [0.2, 0.25) is 0 Å². The number of phenolic OH excluding ortho intramolecular Hbond substituents is 1. The Bertz CT molecular complexity index is 319. The third kappa shape index (κ3) is 2.70. The fourth-order valence-electron chi connectivity index (χ4n) is 1.35. The van der Waals surface area contributed by atoms with Crippen molar-refractivity contribution in [3.05, 3.63) is 29.1 Å². The minimum atomic E-state index is -0.395. The Morgan fingerprint density at radius 3 is 2.43 bits per heavy atom. The number of nitrogens with two attached hydrogens (primary N) is 1. The van der Waals surface area contributed by atoms with E-state index < -0.39 is 5.54 Å². The molecule has 0 aliphatic rings. The molecule has 0 aromatic heterocycles. The first kappa shape index (κ1) is 11.0. The van der Waals surface area contributed by atoms with Crippen LogP contribution in [0.25, 0.3) is 0 Å². The zero-order valence-corrected chi connectivity index (χ0v) is 8.76. The summed E-state index contributed by atoms with van der Waals surface area (Å²) in [5, 5.41) is 9.40. The normalized spacial score (nSPS) is 11.8. The van der Waals surface area contributed by atoms with Gasteiger partial charge in [-0.25, -0.2) is 4.39 Å². The van der Waals surface area contributed by atoms with Crippen molar-refractivity contribution in [2.24, 2.45) is 5.73 Å². The van der Waals surface area contributed by atoms with Crippen LogP contribution in [0.15, 0.2) is 12.1 Å². The monoisotopic (exact) mass is 197 g/mol. The number of benzene rings is 1. The Hall–Kier alpha value is -1.09. The number of hydrogen-bond donors (Lipinski definition) is 2. The first-order chi connectivity index (χ1) is 6.29. The lowest BCUT2D eigenvalue weighted by Gasteiger charge is -2.18. The minimum Gasteiger partial charge on any atom is -0.508 e. The molecule has 1 aromatic carbocycles. The summed E-state index contributed by atoms with van der Waals surface area (Å²) in [6.45, 7) is 5.27. The lowest BCUT2D eigenvalue weighted by atomic mass is 9.95. The maximum absolute atomic E-state index is 13.2. The molecule has 0 radical (unpaired) electrons. The Labute approximate surface area is 83.6 Å². The third-order valence-electron chi connectivity index (χ3n) is 2.04. The highest BCUT2D eigenvalue weighted by Gasteiger charge is 2.14. The van der Waals surface area contributed by atoms with Gasteiger partial charge in [0.1, 0.15) is 11.6 Å². The van der Waals surface area contributed by atoms with Crippen LogP contribution in [0, 0.1) is 12.7 Å². The summed E-state index contributed by atoms with van der Waals surface area (Å²) in [4.78, 5) is 0. The predicted octanol–water partition coefficient (Wildman–Crippen LogP) is 2.12. The molecule has 14 heavy (non-hydrogen) atoms. The molecule has 3 N–H and O–H groups in total. The Balaban J connectivity index is 3.02. The molecule has 0 atom stereocenters. The maximum atomic E-state index is 13.2. The van der Waals surface area contributed by atoms with Crippen LogP contribution in [-0.2, 0) is 6.42 Å². The largest absolute Gasteiger partial charge is 0.508 e. The molecule has 3 heteroatoms. The highest BCUT2D eigenvalue weighted by Crippen LogP contribution is 2.23. The number of phenols is 1. The van der Waals surface area contributed by atoms with Crippen LogP contribution in [0.3, 0.4) is 0 Å². The molecule has 0 unspecified atom stereocenters. The van der Waals surface area contributed by atoms with Gasteiger partial charge in [0.15, 0.2) is 0 Å². The molecule has 0 saturated carbocycles. The average molecular weight is 197 g/mol. The van der Waals surface area contributed by atoms with Crippen molar-refractivity contribution in [1.29, 1.82) is 0 Å². The second-order valence-corrected chi connectivity index (χ2v) is 4.39. The van der Waals surface area contributed by atoms with E-state index in [1.54, 1.807) is 13.0 Å². The Morgan fingerprint density at radius 1 is 1.43 bits per heavy atom. The van der Waals surface area contributed by atoms with Crippen molar-refractivity contribution >= 4 is 0 Å². The molecule has 0 aliphatic carbocycles. The Kier molecular flexibility index (Phi) is 2.81. The van der Waals surface area contributed by atoms with E-state index in [1.165, 1.54) is 6.07 Å². The third-order valence-corrected chi connectivity index (χ3v) is 2.04. The summed E-state index contributed by atoms with van der Waals surface area (Å²) < 4.78 is 13.2. The first-order valence-electron chi connectivity index (χ1n) is 4.56. The summed E-state index contributed by atoms with van der Waals surface area (Å²) >= 11 is 0. The smallest absolute Gasteiger partial charge is 0.130 e. The molecule has 0 saturated heterocycles. The van der Waals surface area contributed by atoms with E-state index in [2.05, 4.69) is 0 Å². The summed E-state index contributed by atoms with van der Waals surface area (Å²) in [5.41, 5.74) is 6.41. The van der Waals surface area contributed by atoms with Crippen molar-refractivity contribution in [1.82, 2.24) is 0 Å². The maximum Gasteiger partial charge on any atom is 0.130 e. The van der Waals surface area contributed by atoms with Gasteiger partial charge in [-0.3, -0.25) is 0 Å². The molecular formula is C11H16FNO. The van der Waals surface area contributed by atoms with Gasteiger partial charge in [-0.1, -0.05) is 0 Å². The van der Waals surface area contributed by atoms with E-state index in [-0.39, 0.29) is 17.1 Å². The SMILES string of the molecule is Cc1c(O)cc(CC(C)(C)N)cc1F. The highest BCUT2D eigenvalue weighted by molar-refractivity contribution is 5.37. The molecule has 0 heterocycles. The van der Waals surface area contributed by atoms with E-state index >= 15 is 0 Å². The fraction of sp³-hybridized carbons (Fsp3) is 0.455.